The van der Waals surface area contributed by atoms with E-state index in [1.807, 2.05) is 6.92 Å². The molecule has 1 rings (SSSR count). The number of esters is 1. The number of carbonyl (C=O) groups is 1. The van der Waals surface area contributed by atoms with Crippen molar-refractivity contribution in [1.29, 1.82) is 5.26 Å². The predicted octanol–water partition coefficient (Wildman–Crippen LogP) is 5.41. The van der Waals surface area contributed by atoms with Gasteiger partial charge in [0.2, 0.25) is 0 Å². The van der Waals surface area contributed by atoms with Crippen molar-refractivity contribution in [2.45, 2.75) is 58.2 Å². The normalized spacial score (nSPS) is 12.9. The zero-order chi connectivity index (χ0) is 22.2. The molecule has 1 aromatic rings. The Bertz CT molecular complexity index is 738. The first-order valence-corrected chi connectivity index (χ1v) is 17.7. The van der Waals surface area contributed by atoms with Crippen molar-refractivity contribution >= 4 is 38.0 Å². The van der Waals surface area contributed by atoms with Gasteiger partial charge in [0.15, 0.2) is 12.7 Å². The molecule has 0 fully saturated rings. The fourth-order valence-corrected chi connectivity index (χ4v) is 4.62. The van der Waals surface area contributed by atoms with E-state index in [0.29, 0.717) is 29.0 Å². The van der Waals surface area contributed by atoms with Gasteiger partial charge in [-0.15, -0.1) is 0 Å². The zero-order valence-corrected chi connectivity index (χ0v) is 22.0. The third-order valence-electron chi connectivity index (χ3n) is 3.92. The molecule has 0 saturated heterocycles. The van der Waals surface area contributed by atoms with E-state index in [0.717, 1.165) is 6.04 Å². The number of nitriles is 1. The molecular formula is C20H32BrNO5Si2. The highest BCUT2D eigenvalue weighted by Crippen LogP contribution is 2.33. The van der Waals surface area contributed by atoms with Crippen LogP contribution in [0.25, 0.3) is 0 Å². The lowest BCUT2D eigenvalue weighted by molar-refractivity contribution is -0.0287. The van der Waals surface area contributed by atoms with E-state index in [1.54, 1.807) is 6.07 Å². The molecule has 29 heavy (non-hydrogen) atoms. The molecule has 0 aliphatic rings. The fraction of sp³-hybridized carbons (Fsp3) is 0.600. The van der Waals surface area contributed by atoms with E-state index in [2.05, 4.69) is 61.3 Å². The monoisotopic (exact) mass is 501 g/mol. The largest absolute Gasteiger partial charge is 0.468 e. The second-order valence-electron chi connectivity index (χ2n) is 8.99. The molecule has 0 aliphatic heterocycles. The van der Waals surface area contributed by atoms with Crippen molar-refractivity contribution in [2.75, 3.05) is 20.0 Å². The minimum atomic E-state index is -1.81. The Balaban J connectivity index is 2.94. The van der Waals surface area contributed by atoms with E-state index >= 15 is 0 Å². The number of rotatable bonds is 11. The van der Waals surface area contributed by atoms with Crippen molar-refractivity contribution in [1.82, 2.24) is 0 Å². The first-order valence-electron chi connectivity index (χ1n) is 9.66. The molecule has 0 radical (unpaired) electrons. The number of nitrogens with zero attached hydrogens (tertiary/aromatic N) is 1. The molecule has 1 aromatic carbocycles. The number of carbonyl (C=O) groups excluding carboxylic acids is 1. The predicted molar refractivity (Wildman–Crippen MR) is 123 cm³/mol. The summed E-state index contributed by atoms with van der Waals surface area (Å²) >= 11 is 3.43. The first-order chi connectivity index (χ1) is 13.4. The van der Waals surface area contributed by atoms with Crippen LogP contribution in [-0.4, -0.2) is 48.0 Å². The molecule has 0 heterocycles. The molecule has 0 bridgehead atoms. The smallest absolute Gasteiger partial charge is 0.341 e. The Hall–Kier alpha value is -1.19. The minimum Gasteiger partial charge on any atom is -0.468 e. The van der Waals surface area contributed by atoms with Gasteiger partial charge >= 0.3 is 5.97 Å². The van der Waals surface area contributed by atoms with Crippen LogP contribution in [0.4, 0.5) is 0 Å². The second-order valence-corrected chi connectivity index (χ2v) is 20.6. The summed E-state index contributed by atoms with van der Waals surface area (Å²) in [5.74, 6) is -0.601. The lowest BCUT2D eigenvalue weighted by Gasteiger charge is -2.29. The third kappa shape index (κ3) is 9.01. The third-order valence-corrected chi connectivity index (χ3v) is 8.14. The highest BCUT2D eigenvalue weighted by molar-refractivity contribution is 9.10. The van der Waals surface area contributed by atoms with Crippen LogP contribution in [0.1, 0.15) is 22.8 Å². The number of halogens is 1. The number of hydrogen-bond acceptors (Lipinski definition) is 6. The van der Waals surface area contributed by atoms with Crippen molar-refractivity contribution in [3.8, 4) is 11.8 Å². The summed E-state index contributed by atoms with van der Waals surface area (Å²) in [7, 11) is -3.01. The highest BCUT2D eigenvalue weighted by atomic mass is 79.9. The van der Waals surface area contributed by atoms with E-state index in [4.69, 9.17) is 18.9 Å². The van der Waals surface area contributed by atoms with Gasteiger partial charge < -0.3 is 18.9 Å². The maximum atomic E-state index is 12.5. The number of benzene rings is 1. The molecule has 6 nitrogen and oxygen atoms in total. The van der Waals surface area contributed by atoms with Gasteiger partial charge in [-0.25, -0.2) is 4.79 Å². The molecule has 0 aliphatic carbocycles. The molecule has 0 amide bonds. The molecule has 0 aromatic heterocycles. The van der Waals surface area contributed by atoms with Crippen LogP contribution in [-0.2, 0) is 14.2 Å². The second kappa shape index (κ2) is 11.3. The maximum Gasteiger partial charge on any atom is 0.341 e. The summed E-state index contributed by atoms with van der Waals surface area (Å²) in [6.45, 7) is 16.0. The molecule has 0 N–H and O–H groups in total. The first kappa shape index (κ1) is 25.8. The quantitative estimate of drug-likeness (QED) is 0.174. The summed E-state index contributed by atoms with van der Waals surface area (Å²) < 4.78 is 22.9. The van der Waals surface area contributed by atoms with Crippen LogP contribution < -0.4 is 4.74 Å². The van der Waals surface area contributed by atoms with Gasteiger partial charge in [0.1, 0.15) is 13.8 Å². The molecule has 1 atom stereocenters. The van der Waals surface area contributed by atoms with Gasteiger partial charge in [-0.2, -0.15) is 5.26 Å². The van der Waals surface area contributed by atoms with Gasteiger partial charge in [-0.05, 0) is 41.0 Å². The number of ether oxygens (including phenoxy) is 4. The Morgan fingerprint density at radius 1 is 1.21 bits per heavy atom. The van der Waals surface area contributed by atoms with Gasteiger partial charge in [0, 0.05) is 21.3 Å². The van der Waals surface area contributed by atoms with Crippen LogP contribution >= 0.6 is 15.9 Å². The lowest BCUT2D eigenvalue weighted by Crippen LogP contribution is -2.44. The highest BCUT2D eigenvalue weighted by Gasteiger charge is 2.31. The standard InChI is InChI=1S/C20H32BrNO5Si2/c1-8-25-20(29(5,6)7)27-17-12-15(13-22)11-16(18(17)21)19(23)26-14-24-9-10-28(2,3)4/h11-12,20H,8-10,14H2,1-7H3. The van der Waals surface area contributed by atoms with Crippen LogP contribution in [0.5, 0.6) is 5.75 Å². The maximum absolute atomic E-state index is 12.5. The van der Waals surface area contributed by atoms with Gasteiger partial charge in [0.05, 0.1) is 21.7 Å². The molecule has 0 saturated carbocycles. The summed E-state index contributed by atoms with van der Waals surface area (Å²) in [4.78, 5) is 12.5. The minimum absolute atomic E-state index is 0.126. The Morgan fingerprint density at radius 2 is 1.86 bits per heavy atom. The Kier molecular flexibility index (Phi) is 10.0. The van der Waals surface area contributed by atoms with Crippen molar-refractivity contribution in [2.24, 2.45) is 0 Å². The molecule has 0 spiro atoms. The van der Waals surface area contributed by atoms with Crippen LogP contribution in [0.3, 0.4) is 0 Å². The SMILES string of the molecule is CCOC(Oc1cc(C#N)cc(C(=O)OCOCC[Si](C)(C)C)c1Br)[Si](C)(C)C. The fourth-order valence-electron chi connectivity index (χ4n) is 2.23. The van der Waals surface area contributed by atoms with Crippen molar-refractivity contribution < 1.29 is 23.7 Å². The average molecular weight is 503 g/mol. The van der Waals surface area contributed by atoms with Crippen LogP contribution in [0.2, 0.25) is 45.3 Å². The van der Waals surface area contributed by atoms with Gasteiger partial charge in [0.25, 0.3) is 0 Å². The number of hydrogen-bond donors (Lipinski definition) is 0. The molecule has 9 heteroatoms. The molecular weight excluding hydrogens is 470 g/mol. The van der Waals surface area contributed by atoms with Crippen molar-refractivity contribution in [3.63, 3.8) is 0 Å². The van der Waals surface area contributed by atoms with E-state index in [9.17, 15) is 10.1 Å². The lowest BCUT2D eigenvalue weighted by atomic mass is 10.1. The Morgan fingerprint density at radius 3 is 2.38 bits per heavy atom. The van der Waals surface area contributed by atoms with Crippen LogP contribution in [0.15, 0.2) is 16.6 Å². The van der Waals surface area contributed by atoms with Crippen molar-refractivity contribution in [3.05, 3.63) is 27.7 Å². The van der Waals surface area contributed by atoms with E-state index in [1.165, 1.54) is 6.07 Å². The van der Waals surface area contributed by atoms with E-state index in [-0.39, 0.29) is 12.4 Å². The summed E-state index contributed by atoms with van der Waals surface area (Å²) in [5.41, 5.74) is 0.527. The average Bonchev–Trinajstić information content (AvgIpc) is 2.60. The Labute approximate surface area is 184 Å². The van der Waals surface area contributed by atoms with Gasteiger partial charge in [-0.1, -0.05) is 39.3 Å². The summed E-state index contributed by atoms with van der Waals surface area (Å²) in [6, 6.07) is 6.13. The molecule has 162 valence electrons. The zero-order valence-electron chi connectivity index (χ0n) is 18.4. The van der Waals surface area contributed by atoms with Crippen LogP contribution in [0, 0.1) is 11.3 Å². The summed E-state index contributed by atoms with van der Waals surface area (Å²) in [5, 5.41) is 9.36. The van der Waals surface area contributed by atoms with E-state index < -0.39 is 28.0 Å². The topological polar surface area (TPSA) is 77.8 Å². The summed E-state index contributed by atoms with van der Waals surface area (Å²) in [6.07, 6.45) is 0. The molecule has 1 unspecified atom stereocenters. The van der Waals surface area contributed by atoms with Gasteiger partial charge in [-0.3, -0.25) is 0 Å².